The Morgan fingerprint density at radius 3 is 2.96 bits per heavy atom. The summed E-state index contributed by atoms with van der Waals surface area (Å²) in [6.45, 7) is 0. The Labute approximate surface area is 136 Å². The Balaban J connectivity index is 2.00. The van der Waals surface area contributed by atoms with Gasteiger partial charge in [0.15, 0.2) is 0 Å². The number of hydrogen-bond acceptors (Lipinski definition) is 3. The van der Waals surface area contributed by atoms with Crippen molar-refractivity contribution in [3.05, 3.63) is 60.5 Å². The van der Waals surface area contributed by atoms with Crippen molar-refractivity contribution in [2.75, 3.05) is 0 Å². The van der Waals surface area contributed by atoms with Crippen molar-refractivity contribution in [1.82, 2.24) is 14.5 Å². The van der Waals surface area contributed by atoms with Gasteiger partial charge in [-0.1, -0.05) is 18.2 Å². The molecule has 0 atom stereocenters. The molecule has 0 fully saturated rings. The first-order valence-corrected chi connectivity index (χ1v) is 8.35. The molecule has 3 nitrogen and oxygen atoms in total. The third-order valence-electron chi connectivity index (χ3n) is 4.41. The summed E-state index contributed by atoms with van der Waals surface area (Å²) in [5.74, 6) is 0. The third-order valence-corrected chi connectivity index (χ3v) is 5.37. The summed E-state index contributed by atoms with van der Waals surface area (Å²) in [4.78, 5) is 8.68. The van der Waals surface area contributed by atoms with Crippen molar-refractivity contribution in [3.63, 3.8) is 0 Å². The lowest BCUT2D eigenvalue weighted by Gasteiger charge is -2.10. The SMILES string of the molecule is Cn1ccc2c3cncnc3cc(-c3cccc4ccsc34)c21. The van der Waals surface area contributed by atoms with E-state index in [-0.39, 0.29) is 0 Å². The van der Waals surface area contributed by atoms with Crippen molar-refractivity contribution in [2.24, 2.45) is 7.05 Å². The number of fused-ring (bicyclic) bond motifs is 4. The van der Waals surface area contributed by atoms with E-state index < -0.39 is 0 Å². The Morgan fingerprint density at radius 2 is 2.00 bits per heavy atom. The van der Waals surface area contributed by atoms with Gasteiger partial charge >= 0.3 is 0 Å². The summed E-state index contributed by atoms with van der Waals surface area (Å²) in [6, 6.07) is 13.0. The van der Waals surface area contributed by atoms with E-state index in [0.717, 1.165) is 10.9 Å². The average molecular weight is 315 g/mol. The second-order valence-electron chi connectivity index (χ2n) is 5.71. The maximum Gasteiger partial charge on any atom is 0.116 e. The first kappa shape index (κ1) is 12.8. The average Bonchev–Trinajstić information content (AvgIpc) is 3.21. The summed E-state index contributed by atoms with van der Waals surface area (Å²) in [5, 5.41) is 5.75. The van der Waals surface area contributed by atoms with Crippen LogP contribution in [-0.4, -0.2) is 14.5 Å². The zero-order chi connectivity index (χ0) is 15.4. The molecule has 5 aromatic rings. The van der Waals surface area contributed by atoms with Gasteiger partial charge in [0.2, 0.25) is 0 Å². The van der Waals surface area contributed by atoms with Gasteiger partial charge in [-0.25, -0.2) is 9.97 Å². The topological polar surface area (TPSA) is 30.7 Å². The molecule has 3 aromatic heterocycles. The van der Waals surface area contributed by atoms with E-state index in [1.54, 1.807) is 17.7 Å². The van der Waals surface area contributed by atoms with Crippen LogP contribution < -0.4 is 0 Å². The predicted octanol–water partition coefficient (Wildman–Crippen LogP) is 5.00. The van der Waals surface area contributed by atoms with Crippen LogP contribution in [0.5, 0.6) is 0 Å². The van der Waals surface area contributed by atoms with Crippen LogP contribution in [0.15, 0.2) is 60.5 Å². The maximum atomic E-state index is 4.48. The smallest absolute Gasteiger partial charge is 0.116 e. The number of rotatable bonds is 1. The highest BCUT2D eigenvalue weighted by atomic mass is 32.1. The summed E-state index contributed by atoms with van der Waals surface area (Å²) in [7, 11) is 2.09. The molecule has 0 unspecified atom stereocenters. The molecule has 5 rings (SSSR count). The van der Waals surface area contributed by atoms with E-state index in [9.17, 15) is 0 Å². The first-order chi connectivity index (χ1) is 11.3. The van der Waals surface area contributed by atoms with Gasteiger partial charge in [0.25, 0.3) is 0 Å². The number of benzene rings is 2. The molecule has 0 N–H and O–H groups in total. The molecule has 0 amide bonds. The van der Waals surface area contributed by atoms with E-state index in [1.165, 1.54) is 32.1 Å². The van der Waals surface area contributed by atoms with Gasteiger partial charge in [0, 0.05) is 46.0 Å². The molecule has 3 heterocycles. The van der Waals surface area contributed by atoms with Crippen LogP contribution in [0.2, 0.25) is 0 Å². The number of hydrogen-bond donors (Lipinski definition) is 0. The summed E-state index contributed by atoms with van der Waals surface area (Å²) < 4.78 is 3.51. The zero-order valence-electron chi connectivity index (χ0n) is 12.5. The summed E-state index contributed by atoms with van der Waals surface area (Å²) in [5.41, 5.74) is 4.71. The van der Waals surface area contributed by atoms with Crippen LogP contribution >= 0.6 is 11.3 Å². The molecule has 2 aromatic carbocycles. The quantitative estimate of drug-likeness (QED) is 0.435. The molecule has 4 heteroatoms. The molecular weight excluding hydrogens is 302 g/mol. The van der Waals surface area contributed by atoms with Crippen molar-refractivity contribution < 1.29 is 0 Å². The summed E-state index contributed by atoms with van der Waals surface area (Å²) in [6.07, 6.45) is 5.63. The van der Waals surface area contributed by atoms with Crippen molar-refractivity contribution >= 4 is 43.2 Å². The molecular formula is C19H13N3S. The highest BCUT2D eigenvalue weighted by Crippen LogP contribution is 2.39. The van der Waals surface area contributed by atoms with E-state index in [0.29, 0.717) is 0 Å². The van der Waals surface area contributed by atoms with Crippen molar-refractivity contribution in [1.29, 1.82) is 0 Å². The van der Waals surface area contributed by atoms with Gasteiger partial charge in [-0.15, -0.1) is 11.3 Å². The Kier molecular flexibility index (Phi) is 2.58. The van der Waals surface area contributed by atoms with Crippen LogP contribution in [0, 0.1) is 0 Å². The molecule has 0 aliphatic heterocycles. The number of aromatic nitrogens is 3. The minimum Gasteiger partial charge on any atom is -0.350 e. The van der Waals surface area contributed by atoms with Crippen LogP contribution in [0.4, 0.5) is 0 Å². The van der Waals surface area contributed by atoms with Gasteiger partial charge in [-0.2, -0.15) is 0 Å². The van der Waals surface area contributed by atoms with Crippen LogP contribution in [0.1, 0.15) is 0 Å². The molecule has 110 valence electrons. The van der Waals surface area contributed by atoms with Gasteiger partial charge in [-0.05, 0) is 29.0 Å². The number of nitrogens with zero attached hydrogens (tertiary/aromatic N) is 3. The maximum absolute atomic E-state index is 4.48. The second kappa shape index (κ2) is 4.64. The molecule has 0 radical (unpaired) electrons. The predicted molar refractivity (Wildman–Crippen MR) is 96.8 cm³/mol. The molecule has 23 heavy (non-hydrogen) atoms. The summed E-state index contributed by atoms with van der Waals surface area (Å²) >= 11 is 1.79. The lowest BCUT2D eigenvalue weighted by molar-refractivity contribution is 0.970. The fraction of sp³-hybridized carbons (Fsp3) is 0.0526. The molecule has 0 spiro atoms. The van der Waals surface area contributed by atoms with E-state index >= 15 is 0 Å². The minimum absolute atomic E-state index is 0.988. The van der Waals surface area contributed by atoms with E-state index in [2.05, 4.69) is 69.6 Å². The van der Waals surface area contributed by atoms with Gasteiger partial charge < -0.3 is 4.57 Å². The minimum atomic E-state index is 0.988. The van der Waals surface area contributed by atoms with E-state index in [4.69, 9.17) is 0 Å². The number of thiophene rings is 1. The Morgan fingerprint density at radius 1 is 1.04 bits per heavy atom. The largest absolute Gasteiger partial charge is 0.350 e. The van der Waals surface area contributed by atoms with Gasteiger partial charge in [0.05, 0.1) is 11.0 Å². The van der Waals surface area contributed by atoms with Crippen LogP contribution in [-0.2, 0) is 7.05 Å². The fourth-order valence-corrected chi connectivity index (χ4v) is 4.29. The zero-order valence-corrected chi connectivity index (χ0v) is 13.3. The third kappa shape index (κ3) is 1.75. The molecule has 0 aliphatic rings. The van der Waals surface area contributed by atoms with Crippen LogP contribution in [0.3, 0.4) is 0 Å². The Hall–Kier alpha value is -2.72. The molecule has 0 aliphatic carbocycles. The lowest BCUT2D eigenvalue weighted by atomic mass is 9.99. The molecule has 0 saturated heterocycles. The van der Waals surface area contributed by atoms with Crippen molar-refractivity contribution in [2.45, 2.75) is 0 Å². The highest BCUT2D eigenvalue weighted by molar-refractivity contribution is 7.17. The van der Waals surface area contributed by atoms with Gasteiger partial charge in [-0.3, -0.25) is 0 Å². The highest BCUT2D eigenvalue weighted by Gasteiger charge is 2.14. The molecule has 0 bridgehead atoms. The van der Waals surface area contributed by atoms with Crippen molar-refractivity contribution in [3.8, 4) is 11.1 Å². The standard InChI is InChI=1S/C19H13N3S/c1-22-7-5-13-16-10-20-11-21-17(16)9-15(18(13)22)14-4-2-3-12-6-8-23-19(12)14/h2-11H,1H3. The Bertz CT molecular complexity index is 1180. The number of aryl methyl sites for hydroxylation is 1. The lowest BCUT2D eigenvalue weighted by Crippen LogP contribution is -1.91. The first-order valence-electron chi connectivity index (χ1n) is 7.47. The second-order valence-corrected chi connectivity index (χ2v) is 6.63. The van der Waals surface area contributed by atoms with Gasteiger partial charge in [0.1, 0.15) is 6.33 Å². The molecule has 0 saturated carbocycles. The van der Waals surface area contributed by atoms with E-state index in [1.807, 2.05) is 6.20 Å². The monoisotopic (exact) mass is 315 g/mol. The van der Waals surface area contributed by atoms with Crippen LogP contribution in [0.25, 0.3) is 43.0 Å². The normalized spacial score (nSPS) is 11.7. The fourth-order valence-electron chi connectivity index (χ4n) is 3.36.